The van der Waals surface area contributed by atoms with Crippen LogP contribution < -0.4 is 25.0 Å². The summed E-state index contributed by atoms with van der Waals surface area (Å²) in [7, 11) is 0. The van der Waals surface area contributed by atoms with Crippen molar-refractivity contribution in [2.24, 2.45) is 16.7 Å². The third-order valence-electron chi connectivity index (χ3n) is 14.5. The number of nitriles is 1. The number of amides is 5. The lowest BCUT2D eigenvalue weighted by Gasteiger charge is -2.63. The fourth-order valence-corrected chi connectivity index (χ4v) is 11.2. The molecule has 2 saturated carbocycles. The number of aromatic nitrogens is 1. The minimum absolute atomic E-state index is 0.000737. The highest BCUT2D eigenvalue weighted by atomic mass is 16.5. The maximum absolute atomic E-state index is 13.7. The second-order valence-corrected chi connectivity index (χ2v) is 19.3. The first-order valence-electron chi connectivity index (χ1n) is 22.5. The molecular formula is C50H55N7O7. The van der Waals surface area contributed by atoms with Crippen molar-refractivity contribution in [1.82, 2.24) is 25.4 Å². The van der Waals surface area contributed by atoms with Gasteiger partial charge in [0.05, 0.1) is 22.2 Å². The van der Waals surface area contributed by atoms with E-state index in [1.165, 1.54) is 0 Å². The molecule has 3 aliphatic heterocycles. The maximum atomic E-state index is 13.7. The molecule has 64 heavy (non-hydrogen) atoms. The second-order valence-electron chi connectivity index (χ2n) is 19.3. The summed E-state index contributed by atoms with van der Waals surface area (Å²) in [6.07, 6.45) is 5.58. The van der Waals surface area contributed by atoms with Gasteiger partial charge in [-0.25, -0.2) is 0 Å². The fraction of sp³-hybridized carbons (Fsp3) is 0.460. The first kappa shape index (κ1) is 42.9. The Morgan fingerprint density at radius 3 is 2.33 bits per heavy atom. The van der Waals surface area contributed by atoms with Crippen molar-refractivity contribution in [2.75, 3.05) is 31.1 Å². The normalized spacial score (nSPS) is 25.0. The highest BCUT2D eigenvalue weighted by Gasteiger charge is 2.64. The highest BCUT2D eigenvalue weighted by molar-refractivity contribution is 6.23. The quantitative estimate of drug-likeness (QED) is 0.154. The number of rotatable bonds is 12. The van der Waals surface area contributed by atoms with E-state index < -0.39 is 29.7 Å². The number of nitrogens with one attached hydrogen (secondary N) is 2. The molecular weight excluding hydrogens is 811 g/mol. The Balaban J connectivity index is 0.733. The number of carbonyl (C=O) groups excluding carboxylic acids is 5. The van der Waals surface area contributed by atoms with E-state index in [9.17, 15) is 29.2 Å². The van der Waals surface area contributed by atoms with Crippen molar-refractivity contribution in [1.29, 1.82) is 5.26 Å². The molecule has 1 aromatic heterocycles. The van der Waals surface area contributed by atoms with Crippen LogP contribution in [0.4, 0.5) is 5.69 Å². The number of imide groups is 2. The number of benzene rings is 3. The second kappa shape index (κ2) is 16.7. The molecule has 4 fully saturated rings. The summed E-state index contributed by atoms with van der Waals surface area (Å²) in [5.41, 5.74) is 2.59. The van der Waals surface area contributed by atoms with Gasteiger partial charge in [0.25, 0.3) is 17.7 Å². The lowest BCUT2D eigenvalue weighted by Crippen LogP contribution is -2.74. The van der Waals surface area contributed by atoms with Gasteiger partial charge in [-0.15, -0.1) is 0 Å². The number of hydrogen-bond acceptors (Lipinski definition) is 11. The Labute approximate surface area is 373 Å². The highest BCUT2D eigenvalue weighted by Crippen LogP contribution is 2.56. The van der Waals surface area contributed by atoms with Gasteiger partial charge in [0.15, 0.2) is 0 Å². The number of piperidine rings is 2. The van der Waals surface area contributed by atoms with E-state index in [1.54, 1.807) is 30.5 Å². The van der Waals surface area contributed by atoms with E-state index in [2.05, 4.69) is 78.2 Å². The third-order valence-corrected chi connectivity index (χ3v) is 14.5. The van der Waals surface area contributed by atoms with Crippen LogP contribution in [0, 0.1) is 28.1 Å². The van der Waals surface area contributed by atoms with Gasteiger partial charge in [-0.1, -0.05) is 34.6 Å². The van der Waals surface area contributed by atoms with Crippen LogP contribution in [0.1, 0.15) is 110 Å². The zero-order chi connectivity index (χ0) is 45.1. The van der Waals surface area contributed by atoms with E-state index in [-0.39, 0.29) is 59.0 Å². The first-order chi connectivity index (χ1) is 30.7. The van der Waals surface area contributed by atoms with Crippen molar-refractivity contribution in [2.45, 2.75) is 103 Å². The van der Waals surface area contributed by atoms with Gasteiger partial charge >= 0.3 is 0 Å². The molecule has 332 valence electrons. The van der Waals surface area contributed by atoms with Crippen LogP contribution in [0.2, 0.25) is 0 Å². The van der Waals surface area contributed by atoms with E-state index >= 15 is 0 Å². The largest absolute Gasteiger partial charge is 0.490 e. The third kappa shape index (κ3) is 7.63. The molecule has 2 N–H and O–H groups in total. The number of fused-ring (bicyclic) bond motifs is 2. The topological polar surface area (TPSA) is 174 Å². The summed E-state index contributed by atoms with van der Waals surface area (Å²) in [4.78, 5) is 74.5. The minimum Gasteiger partial charge on any atom is -0.490 e. The number of ether oxygens (including phenoxy) is 2. The summed E-state index contributed by atoms with van der Waals surface area (Å²) in [6, 6.07) is 21.7. The van der Waals surface area contributed by atoms with Gasteiger partial charge in [0.2, 0.25) is 11.8 Å². The molecule has 2 aliphatic carbocycles. The van der Waals surface area contributed by atoms with Gasteiger partial charge in [-0.2, -0.15) is 5.26 Å². The number of anilines is 1. The summed E-state index contributed by atoms with van der Waals surface area (Å²) >= 11 is 0. The fourth-order valence-electron chi connectivity index (χ4n) is 11.2. The monoisotopic (exact) mass is 865 g/mol. The molecule has 2 saturated heterocycles. The van der Waals surface area contributed by atoms with Crippen molar-refractivity contribution in [3.8, 4) is 17.6 Å². The smallest absolute Gasteiger partial charge is 0.262 e. The molecule has 5 aliphatic rings. The predicted molar refractivity (Wildman–Crippen MR) is 239 cm³/mol. The van der Waals surface area contributed by atoms with E-state index in [0.29, 0.717) is 40.1 Å². The Kier molecular flexibility index (Phi) is 11.2. The molecule has 4 aromatic rings. The SMILES string of the molecule is CCN(CC1CCN(c2ccc(C(=O)N[C@H]3C(C)(C)[C@H](Oc4ccc(C#N)c5ncccc45)C3(C)C)cc2)CC1)[C@H]1C[C@H](Oc2ccc3c(c2)C(=O)N(C2CCC(=O)NC2=O)C3=O)C1. The van der Waals surface area contributed by atoms with Crippen LogP contribution in [0.15, 0.2) is 72.9 Å². The van der Waals surface area contributed by atoms with Gasteiger partial charge < -0.3 is 24.6 Å². The summed E-state index contributed by atoms with van der Waals surface area (Å²) in [5.74, 6) is -0.430. The summed E-state index contributed by atoms with van der Waals surface area (Å²) < 4.78 is 12.9. The average Bonchev–Trinajstić information content (AvgIpc) is 3.52. The molecule has 9 rings (SSSR count). The van der Waals surface area contributed by atoms with Crippen LogP contribution in [0.5, 0.6) is 11.5 Å². The lowest BCUT2D eigenvalue weighted by atomic mass is 9.49. The standard InChI is InChI=1S/C50H55N7O7/c1-6-55(33-24-35(25-33)63-34-14-15-36-38(26-34)46(62)57(45(36)61)39-16-18-41(58)53-44(39)60)28-29-19-22-56(23-20-29)32-12-9-30(10-13-32)43(59)54-47-49(2,3)48(50(47,4)5)64-40-17-11-31(27-51)42-37(40)8-7-21-52-42/h7-15,17,21,26,29,33,35,39,47-48H,6,16,18-20,22-25,28H2,1-5H3,(H,54,59)(H,53,58,60)/t33-,35-,39?,47-,48-. The van der Waals surface area contributed by atoms with Crippen LogP contribution in [-0.4, -0.2) is 101 Å². The van der Waals surface area contributed by atoms with Crippen LogP contribution in [0.3, 0.4) is 0 Å². The van der Waals surface area contributed by atoms with Crippen LogP contribution >= 0.6 is 0 Å². The number of carbonyl (C=O) groups is 5. The van der Waals surface area contributed by atoms with E-state index in [4.69, 9.17) is 9.47 Å². The molecule has 14 nitrogen and oxygen atoms in total. The Morgan fingerprint density at radius 2 is 1.64 bits per heavy atom. The summed E-state index contributed by atoms with van der Waals surface area (Å²) in [5, 5.41) is 15.9. The molecule has 0 spiro atoms. The molecule has 3 aromatic carbocycles. The van der Waals surface area contributed by atoms with Gasteiger partial charge in [0.1, 0.15) is 35.8 Å². The molecule has 1 unspecified atom stereocenters. The number of pyridine rings is 1. The van der Waals surface area contributed by atoms with Crippen LogP contribution in [0.25, 0.3) is 10.9 Å². The Bertz CT molecular complexity index is 2550. The van der Waals surface area contributed by atoms with Gasteiger partial charge in [-0.3, -0.25) is 39.2 Å². The zero-order valence-corrected chi connectivity index (χ0v) is 37.1. The van der Waals surface area contributed by atoms with Crippen molar-refractivity contribution >= 4 is 46.1 Å². The van der Waals surface area contributed by atoms with E-state index in [0.717, 1.165) is 67.8 Å². The Hall–Kier alpha value is -6.33. The molecule has 0 bridgehead atoms. The number of hydrogen-bond donors (Lipinski definition) is 2. The number of nitrogens with zero attached hydrogens (tertiary/aromatic N) is 5. The van der Waals surface area contributed by atoms with Crippen molar-refractivity contribution in [3.05, 3.63) is 95.2 Å². The van der Waals surface area contributed by atoms with E-state index in [1.807, 2.05) is 30.3 Å². The average molecular weight is 866 g/mol. The van der Waals surface area contributed by atoms with Crippen molar-refractivity contribution in [3.63, 3.8) is 0 Å². The predicted octanol–water partition coefficient (Wildman–Crippen LogP) is 6.27. The van der Waals surface area contributed by atoms with Crippen molar-refractivity contribution < 1.29 is 33.4 Å². The van der Waals surface area contributed by atoms with Crippen LogP contribution in [-0.2, 0) is 9.59 Å². The molecule has 4 heterocycles. The van der Waals surface area contributed by atoms with Gasteiger partial charge in [0, 0.05) is 84.6 Å². The summed E-state index contributed by atoms with van der Waals surface area (Å²) in [6.45, 7) is 14.6. The minimum atomic E-state index is -1.000. The lowest BCUT2D eigenvalue weighted by molar-refractivity contribution is -0.163. The molecule has 5 amide bonds. The maximum Gasteiger partial charge on any atom is 0.262 e. The molecule has 0 radical (unpaired) electrons. The van der Waals surface area contributed by atoms with Gasteiger partial charge in [-0.05, 0) is 98.5 Å². The molecule has 1 atom stereocenters. The molecule has 14 heteroatoms. The Morgan fingerprint density at radius 1 is 0.922 bits per heavy atom. The first-order valence-corrected chi connectivity index (χ1v) is 22.5. The zero-order valence-electron chi connectivity index (χ0n) is 37.1.